The Balaban J connectivity index is 1.22. The first-order chi connectivity index (χ1) is 17.4. The van der Waals surface area contributed by atoms with E-state index in [9.17, 15) is 9.90 Å². The van der Waals surface area contributed by atoms with Gasteiger partial charge in [-0.05, 0) is 47.9 Å². The maximum atomic E-state index is 13.4. The second kappa shape index (κ2) is 8.79. The van der Waals surface area contributed by atoms with Crippen molar-refractivity contribution in [1.82, 2.24) is 14.5 Å². The van der Waals surface area contributed by atoms with Crippen LogP contribution in [0.25, 0.3) is 0 Å². The number of aromatic nitrogens is 3. The van der Waals surface area contributed by atoms with E-state index in [1.807, 2.05) is 17.0 Å². The number of aliphatic hydroxyl groups excluding tert-OH is 1. The molecule has 3 aliphatic rings. The van der Waals surface area contributed by atoms with Crippen LogP contribution in [0, 0.1) is 5.41 Å². The zero-order chi connectivity index (χ0) is 25.0. The Morgan fingerprint density at radius 1 is 1.11 bits per heavy atom. The van der Waals surface area contributed by atoms with Gasteiger partial charge in [-0.3, -0.25) is 9.36 Å². The minimum Gasteiger partial charge on any atom is -0.389 e. The van der Waals surface area contributed by atoms with Crippen LogP contribution in [0.2, 0.25) is 0 Å². The summed E-state index contributed by atoms with van der Waals surface area (Å²) in [6, 6.07) is 12.3. The molecule has 1 aromatic carbocycles. The van der Waals surface area contributed by atoms with Crippen LogP contribution in [0.1, 0.15) is 30.0 Å². The molecule has 2 saturated heterocycles. The Hall–Kier alpha value is -3.08. The number of nitrogen functional groups attached to an aromatic ring is 1. The standard InChI is InChI=1S/C26H31N7O2S/c1-31-24(35)20(36-19-7-4-10-29-23(19)33-14-17(34)15-33)22(28)30-25(31)32-11-8-26(9-12-32)13-16-5-2-3-6-18(16)21(26)27/h2-7,10,17,21,34H,8-9,11-15,27-28H2,1H3/t21-/m1/s1. The first kappa shape index (κ1) is 23.3. The number of anilines is 3. The second-order valence-electron chi connectivity index (χ2n) is 10.2. The summed E-state index contributed by atoms with van der Waals surface area (Å²) in [6.45, 7) is 2.61. The lowest BCUT2D eigenvalue weighted by Gasteiger charge is -2.42. The number of hydrogen-bond donors (Lipinski definition) is 3. The van der Waals surface area contributed by atoms with Crippen molar-refractivity contribution in [3.63, 3.8) is 0 Å². The van der Waals surface area contributed by atoms with E-state index in [1.54, 1.807) is 17.8 Å². The van der Waals surface area contributed by atoms with E-state index in [0.29, 0.717) is 23.9 Å². The topological polar surface area (TPSA) is 127 Å². The van der Waals surface area contributed by atoms with E-state index in [-0.39, 0.29) is 28.9 Å². The van der Waals surface area contributed by atoms with Gasteiger partial charge < -0.3 is 26.4 Å². The van der Waals surface area contributed by atoms with Gasteiger partial charge in [-0.1, -0.05) is 36.0 Å². The summed E-state index contributed by atoms with van der Waals surface area (Å²) >= 11 is 1.28. The summed E-state index contributed by atoms with van der Waals surface area (Å²) in [5.74, 6) is 1.56. The number of fused-ring (bicyclic) bond motifs is 1. The molecule has 0 amide bonds. The summed E-state index contributed by atoms with van der Waals surface area (Å²) in [6.07, 6.45) is 4.25. The number of nitrogens with two attached hydrogens (primary N) is 2. The van der Waals surface area contributed by atoms with Crippen molar-refractivity contribution in [2.45, 2.75) is 41.2 Å². The first-order valence-electron chi connectivity index (χ1n) is 12.4. The van der Waals surface area contributed by atoms with Crippen molar-refractivity contribution in [2.24, 2.45) is 18.2 Å². The average Bonchev–Trinajstić information content (AvgIpc) is 3.14. The van der Waals surface area contributed by atoms with Crippen molar-refractivity contribution in [1.29, 1.82) is 0 Å². The van der Waals surface area contributed by atoms with Gasteiger partial charge in [-0.25, -0.2) is 4.98 Å². The molecule has 0 saturated carbocycles. The Morgan fingerprint density at radius 2 is 1.86 bits per heavy atom. The number of hydrogen-bond acceptors (Lipinski definition) is 9. The lowest BCUT2D eigenvalue weighted by Crippen LogP contribution is -2.51. The quantitative estimate of drug-likeness (QED) is 0.487. The highest BCUT2D eigenvalue weighted by molar-refractivity contribution is 7.99. The van der Waals surface area contributed by atoms with E-state index in [1.165, 1.54) is 22.9 Å². The van der Waals surface area contributed by atoms with Gasteiger partial charge in [0.25, 0.3) is 5.56 Å². The molecule has 6 rings (SSSR count). The van der Waals surface area contributed by atoms with Crippen LogP contribution in [-0.4, -0.2) is 51.9 Å². The third-order valence-electron chi connectivity index (χ3n) is 8.01. The summed E-state index contributed by atoms with van der Waals surface area (Å²) in [5.41, 5.74) is 15.6. The van der Waals surface area contributed by atoms with E-state index in [4.69, 9.17) is 11.5 Å². The van der Waals surface area contributed by atoms with Gasteiger partial charge in [0.05, 0.1) is 11.0 Å². The Kier molecular flexibility index (Phi) is 5.70. The van der Waals surface area contributed by atoms with Crippen LogP contribution in [0.3, 0.4) is 0 Å². The van der Waals surface area contributed by atoms with Gasteiger partial charge >= 0.3 is 0 Å². The third-order valence-corrected chi connectivity index (χ3v) is 9.14. The number of benzene rings is 1. The number of piperidine rings is 1. The third kappa shape index (κ3) is 3.75. The fourth-order valence-electron chi connectivity index (χ4n) is 5.86. The molecule has 0 unspecified atom stereocenters. The van der Waals surface area contributed by atoms with Crippen LogP contribution >= 0.6 is 11.8 Å². The van der Waals surface area contributed by atoms with Crippen molar-refractivity contribution in [3.8, 4) is 0 Å². The van der Waals surface area contributed by atoms with Crippen molar-refractivity contribution >= 4 is 29.3 Å². The normalized spacial score (nSPS) is 21.0. The summed E-state index contributed by atoms with van der Waals surface area (Å²) < 4.78 is 1.60. The van der Waals surface area contributed by atoms with Crippen molar-refractivity contribution in [3.05, 3.63) is 64.1 Å². The zero-order valence-corrected chi connectivity index (χ0v) is 21.1. The minimum atomic E-state index is -0.347. The molecular formula is C26H31N7O2S. The summed E-state index contributed by atoms with van der Waals surface area (Å²) in [4.78, 5) is 27.9. The number of nitrogens with zero attached hydrogens (tertiary/aromatic N) is 5. The maximum absolute atomic E-state index is 13.4. The predicted molar refractivity (Wildman–Crippen MR) is 141 cm³/mol. The monoisotopic (exact) mass is 505 g/mol. The molecule has 5 N–H and O–H groups in total. The number of pyridine rings is 1. The first-order valence-corrected chi connectivity index (χ1v) is 13.2. The number of aliphatic hydroxyl groups is 1. The van der Waals surface area contributed by atoms with E-state index < -0.39 is 0 Å². The summed E-state index contributed by atoms with van der Waals surface area (Å²) in [7, 11) is 1.76. The number of β-amino-alcohol motifs (C(OH)–C–C–N with tert-alkyl or cyclic N) is 1. The highest BCUT2D eigenvalue weighted by atomic mass is 32.2. The molecule has 188 valence electrons. The molecule has 1 aliphatic carbocycles. The van der Waals surface area contributed by atoms with Gasteiger partial charge in [0, 0.05) is 45.5 Å². The Labute approximate surface area is 214 Å². The second-order valence-corrected chi connectivity index (χ2v) is 11.2. The van der Waals surface area contributed by atoms with E-state index in [0.717, 1.165) is 43.1 Å². The molecule has 4 heterocycles. The smallest absolute Gasteiger partial charge is 0.270 e. The fraction of sp³-hybridized carbons (Fsp3) is 0.423. The van der Waals surface area contributed by atoms with Crippen LogP contribution in [0.4, 0.5) is 17.6 Å². The van der Waals surface area contributed by atoms with Gasteiger partial charge in [0.15, 0.2) is 0 Å². The molecule has 3 aromatic rings. The lowest BCUT2D eigenvalue weighted by molar-refractivity contribution is 0.141. The van der Waals surface area contributed by atoms with Crippen molar-refractivity contribution in [2.75, 3.05) is 41.7 Å². The Morgan fingerprint density at radius 3 is 2.58 bits per heavy atom. The van der Waals surface area contributed by atoms with Crippen LogP contribution in [0.5, 0.6) is 0 Å². The van der Waals surface area contributed by atoms with Gasteiger partial charge in [0.1, 0.15) is 16.5 Å². The molecule has 2 aliphatic heterocycles. The van der Waals surface area contributed by atoms with Crippen LogP contribution < -0.4 is 26.8 Å². The molecule has 1 spiro atoms. The largest absolute Gasteiger partial charge is 0.389 e. The molecule has 36 heavy (non-hydrogen) atoms. The van der Waals surface area contributed by atoms with E-state index >= 15 is 0 Å². The van der Waals surface area contributed by atoms with Gasteiger partial charge in [-0.15, -0.1) is 0 Å². The SMILES string of the molecule is Cn1c(N2CCC3(CC2)Cc2ccccc2[C@H]3N)nc(N)c(Sc2cccnc2N2CC(O)C2)c1=O. The fourth-order valence-corrected chi connectivity index (χ4v) is 6.87. The summed E-state index contributed by atoms with van der Waals surface area (Å²) in [5, 5.41) is 9.70. The molecule has 10 heteroatoms. The molecule has 0 radical (unpaired) electrons. The molecular weight excluding hydrogens is 474 g/mol. The highest BCUT2D eigenvalue weighted by Gasteiger charge is 2.46. The highest BCUT2D eigenvalue weighted by Crippen LogP contribution is 2.51. The molecule has 1 atom stereocenters. The molecule has 0 bridgehead atoms. The lowest BCUT2D eigenvalue weighted by atomic mass is 9.73. The van der Waals surface area contributed by atoms with E-state index in [2.05, 4.69) is 39.1 Å². The van der Waals surface area contributed by atoms with Crippen molar-refractivity contribution < 1.29 is 5.11 Å². The predicted octanol–water partition coefficient (Wildman–Crippen LogP) is 1.93. The maximum Gasteiger partial charge on any atom is 0.270 e. The number of rotatable bonds is 4. The minimum absolute atomic E-state index is 0.0395. The zero-order valence-electron chi connectivity index (χ0n) is 20.3. The average molecular weight is 506 g/mol. The van der Waals surface area contributed by atoms with Gasteiger partial charge in [0.2, 0.25) is 5.95 Å². The van der Waals surface area contributed by atoms with Crippen LogP contribution in [0.15, 0.2) is 57.2 Å². The Bertz CT molecular complexity index is 1360. The van der Waals surface area contributed by atoms with Gasteiger partial charge in [-0.2, -0.15) is 4.98 Å². The molecule has 9 nitrogen and oxygen atoms in total. The molecule has 2 aromatic heterocycles. The van der Waals surface area contributed by atoms with Crippen LogP contribution in [-0.2, 0) is 13.5 Å². The molecule has 2 fully saturated rings.